The molecule has 0 unspecified atom stereocenters. The molecule has 1 aromatic heterocycles. The number of aromatic nitrogens is 2. The molecule has 0 radical (unpaired) electrons. The van der Waals surface area contributed by atoms with Crippen molar-refractivity contribution >= 4 is 38.8 Å². The topological polar surface area (TPSA) is 64.6 Å². The Morgan fingerprint density at radius 1 is 0.906 bits per heavy atom. The number of carbonyl (C=O) groups excluding carboxylic acids is 1. The van der Waals surface area contributed by atoms with Gasteiger partial charge in [-0.2, -0.15) is 0 Å². The van der Waals surface area contributed by atoms with Crippen LogP contribution >= 0.6 is 0 Å². The summed E-state index contributed by atoms with van der Waals surface area (Å²) in [5, 5.41) is 1.77. The SMILES string of the molecule is CCOC(=O)c1c(OCCN2CCCCC2)c2ccccc2c2nc3ccccc3nc12. The van der Waals surface area contributed by atoms with E-state index < -0.39 is 5.97 Å². The summed E-state index contributed by atoms with van der Waals surface area (Å²) in [5.41, 5.74) is 3.09. The smallest absolute Gasteiger partial charge is 0.344 e. The maximum atomic E-state index is 13.1. The Hall–Kier alpha value is -3.25. The molecule has 1 aliphatic rings. The molecule has 0 spiro atoms. The zero-order chi connectivity index (χ0) is 21.9. The predicted molar refractivity (Wildman–Crippen MR) is 126 cm³/mol. The fraction of sp³-hybridized carbons (Fsp3) is 0.346. The third-order valence-corrected chi connectivity index (χ3v) is 6.04. The fourth-order valence-electron chi connectivity index (χ4n) is 4.49. The summed E-state index contributed by atoms with van der Waals surface area (Å²) in [6, 6.07) is 15.6. The van der Waals surface area contributed by atoms with Gasteiger partial charge in [-0.05, 0) is 45.0 Å². The van der Waals surface area contributed by atoms with Crippen molar-refractivity contribution in [2.24, 2.45) is 0 Å². The molecule has 1 saturated heterocycles. The molecule has 1 aliphatic heterocycles. The Labute approximate surface area is 187 Å². The molecule has 0 atom stereocenters. The molecule has 0 N–H and O–H groups in total. The zero-order valence-corrected chi connectivity index (χ0v) is 18.3. The van der Waals surface area contributed by atoms with Crippen molar-refractivity contribution < 1.29 is 14.3 Å². The van der Waals surface area contributed by atoms with Crippen molar-refractivity contribution in [3.63, 3.8) is 0 Å². The van der Waals surface area contributed by atoms with E-state index in [1.807, 2.05) is 48.5 Å². The van der Waals surface area contributed by atoms with Crippen LogP contribution in [-0.2, 0) is 4.74 Å². The second kappa shape index (κ2) is 9.09. The van der Waals surface area contributed by atoms with Gasteiger partial charge >= 0.3 is 5.97 Å². The summed E-state index contributed by atoms with van der Waals surface area (Å²) in [6.45, 7) is 5.62. The molecule has 0 bridgehead atoms. The van der Waals surface area contributed by atoms with Crippen molar-refractivity contribution in [3.8, 4) is 5.75 Å². The van der Waals surface area contributed by atoms with Crippen LogP contribution in [0.15, 0.2) is 48.5 Å². The highest BCUT2D eigenvalue weighted by Crippen LogP contribution is 2.38. The Balaban J connectivity index is 1.67. The largest absolute Gasteiger partial charge is 0.491 e. The first kappa shape index (κ1) is 20.6. The highest BCUT2D eigenvalue weighted by molar-refractivity contribution is 6.18. The van der Waals surface area contributed by atoms with Gasteiger partial charge in [0.2, 0.25) is 0 Å². The number of benzene rings is 3. The van der Waals surface area contributed by atoms with Crippen LogP contribution in [0.2, 0.25) is 0 Å². The summed E-state index contributed by atoms with van der Waals surface area (Å²) >= 11 is 0. The van der Waals surface area contributed by atoms with E-state index in [9.17, 15) is 4.79 Å². The van der Waals surface area contributed by atoms with E-state index in [0.717, 1.165) is 41.4 Å². The van der Waals surface area contributed by atoms with E-state index in [1.54, 1.807) is 6.92 Å². The van der Waals surface area contributed by atoms with E-state index in [4.69, 9.17) is 19.4 Å². The maximum Gasteiger partial charge on any atom is 0.344 e. The van der Waals surface area contributed by atoms with Gasteiger partial charge in [0, 0.05) is 17.3 Å². The van der Waals surface area contributed by atoms with Gasteiger partial charge in [0.1, 0.15) is 23.4 Å². The molecule has 6 heteroatoms. The van der Waals surface area contributed by atoms with Crippen molar-refractivity contribution in [1.29, 1.82) is 0 Å². The number of ether oxygens (including phenoxy) is 2. The monoisotopic (exact) mass is 429 g/mol. The number of likely N-dealkylation sites (tertiary alicyclic amines) is 1. The molecule has 2 heterocycles. The summed E-state index contributed by atoms with van der Waals surface area (Å²) in [6.07, 6.45) is 3.76. The van der Waals surface area contributed by atoms with Gasteiger partial charge in [0.05, 0.1) is 23.2 Å². The van der Waals surface area contributed by atoms with Gasteiger partial charge in [0.25, 0.3) is 0 Å². The van der Waals surface area contributed by atoms with Crippen LogP contribution in [0.5, 0.6) is 5.75 Å². The van der Waals surface area contributed by atoms with Gasteiger partial charge in [-0.3, -0.25) is 4.90 Å². The lowest BCUT2D eigenvalue weighted by atomic mass is 10.0. The average Bonchev–Trinajstić information content (AvgIpc) is 2.83. The molecule has 32 heavy (non-hydrogen) atoms. The predicted octanol–water partition coefficient (Wildman–Crippen LogP) is 4.98. The number of nitrogens with zero attached hydrogens (tertiary/aromatic N) is 3. The van der Waals surface area contributed by atoms with Gasteiger partial charge in [0.15, 0.2) is 0 Å². The molecular formula is C26H27N3O3. The normalized spacial score (nSPS) is 14.8. The number of carbonyl (C=O) groups is 1. The molecule has 4 aromatic rings. The van der Waals surface area contributed by atoms with Crippen LogP contribution in [0.25, 0.3) is 32.8 Å². The van der Waals surface area contributed by atoms with E-state index in [1.165, 1.54) is 19.3 Å². The molecule has 5 rings (SSSR count). The Morgan fingerprint density at radius 3 is 2.28 bits per heavy atom. The summed E-state index contributed by atoms with van der Waals surface area (Å²) in [5.74, 6) is 0.106. The first-order chi connectivity index (χ1) is 15.8. The number of esters is 1. The number of rotatable bonds is 6. The molecular weight excluding hydrogens is 402 g/mol. The Bertz CT molecular complexity index is 1280. The molecule has 3 aromatic carbocycles. The van der Waals surface area contributed by atoms with Crippen molar-refractivity contribution in [2.75, 3.05) is 32.8 Å². The lowest BCUT2D eigenvalue weighted by molar-refractivity contribution is 0.0523. The van der Waals surface area contributed by atoms with Crippen LogP contribution < -0.4 is 4.74 Å². The first-order valence-electron chi connectivity index (χ1n) is 11.4. The standard InChI is InChI=1S/C26H27N3O3/c1-2-31-26(30)22-24-23(27-20-12-6-7-13-21(20)28-24)18-10-4-5-11-19(18)25(22)32-17-16-29-14-8-3-9-15-29/h4-7,10-13H,2-3,8-9,14-17H2,1H3. The maximum absolute atomic E-state index is 13.1. The minimum atomic E-state index is -0.430. The summed E-state index contributed by atoms with van der Waals surface area (Å²) < 4.78 is 11.8. The minimum Gasteiger partial charge on any atom is -0.491 e. The molecule has 0 aliphatic carbocycles. The van der Waals surface area contributed by atoms with E-state index in [0.29, 0.717) is 29.0 Å². The second-order valence-corrected chi connectivity index (χ2v) is 8.13. The third kappa shape index (κ3) is 3.86. The van der Waals surface area contributed by atoms with Crippen LogP contribution in [0.4, 0.5) is 0 Å². The molecule has 0 saturated carbocycles. The first-order valence-corrected chi connectivity index (χ1v) is 11.4. The third-order valence-electron chi connectivity index (χ3n) is 6.04. The number of hydrogen-bond donors (Lipinski definition) is 0. The number of hydrogen-bond acceptors (Lipinski definition) is 6. The van der Waals surface area contributed by atoms with Gasteiger partial charge in [-0.25, -0.2) is 14.8 Å². The van der Waals surface area contributed by atoms with Crippen LogP contribution in [0, 0.1) is 0 Å². The zero-order valence-electron chi connectivity index (χ0n) is 18.3. The van der Waals surface area contributed by atoms with E-state index in [-0.39, 0.29) is 6.61 Å². The molecule has 164 valence electrons. The quantitative estimate of drug-likeness (QED) is 0.245. The lowest BCUT2D eigenvalue weighted by Gasteiger charge is -2.26. The Morgan fingerprint density at radius 2 is 1.56 bits per heavy atom. The lowest BCUT2D eigenvalue weighted by Crippen LogP contribution is -2.33. The number of fused-ring (bicyclic) bond motifs is 4. The highest BCUT2D eigenvalue weighted by atomic mass is 16.5. The molecule has 1 fully saturated rings. The minimum absolute atomic E-state index is 0.279. The highest BCUT2D eigenvalue weighted by Gasteiger charge is 2.25. The molecule has 6 nitrogen and oxygen atoms in total. The van der Waals surface area contributed by atoms with Crippen LogP contribution in [0.3, 0.4) is 0 Å². The van der Waals surface area contributed by atoms with Crippen LogP contribution in [0.1, 0.15) is 36.5 Å². The average molecular weight is 430 g/mol. The fourth-order valence-corrected chi connectivity index (χ4v) is 4.49. The Kier molecular flexibility index (Phi) is 5.86. The van der Waals surface area contributed by atoms with Crippen LogP contribution in [-0.4, -0.2) is 53.7 Å². The van der Waals surface area contributed by atoms with Gasteiger partial charge < -0.3 is 9.47 Å². The second-order valence-electron chi connectivity index (χ2n) is 8.13. The van der Waals surface area contributed by atoms with E-state index in [2.05, 4.69) is 4.90 Å². The summed E-state index contributed by atoms with van der Waals surface area (Å²) in [7, 11) is 0. The molecule has 0 amide bonds. The van der Waals surface area contributed by atoms with Crippen molar-refractivity contribution in [3.05, 3.63) is 54.1 Å². The number of piperidine rings is 1. The van der Waals surface area contributed by atoms with Gasteiger partial charge in [-0.15, -0.1) is 0 Å². The summed E-state index contributed by atoms with van der Waals surface area (Å²) in [4.78, 5) is 25.3. The van der Waals surface area contributed by atoms with Gasteiger partial charge in [-0.1, -0.05) is 42.8 Å². The van der Waals surface area contributed by atoms with Crippen molar-refractivity contribution in [2.45, 2.75) is 26.2 Å². The van der Waals surface area contributed by atoms with Crippen molar-refractivity contribution in [1.82, 2.24) is 14.9 Å². The number of para-hydroxylation sites is 2. The van der Waals surface area contributed by atoms with E-state index >= 15 is 0 Å².